The minimum absolute atomic E-state index is 0.0644. The first kappa shape index (κ1) is 9.90. The number of carbonyl (C=O) groups is 1. The average molecular weight is 188 g/mol. The summed E-state index contributed by atoms with van der Waals surface area (Å²) in [4.78, 5) is 11.0. The molecule has 3 heteroatoms. The predicted octanol–water partition coefficient (Wildman–Crippen LogP) is 2.18. The van der Waals surface area contributed by atoms with Crippen LogP contribution in [0, 0.1) is 0 Å². The fraction of sp³-hybridized carbons (Fsp3) is 0.889. The van der Waals surface area contributed by atoms with Gasteiger partial charge in [0.25, 0.3) is 0 Å². The first-order chi connectivity index (χ1) is 5.74. The van der Waals surface area contributed by atoms with E-state index in [1.165, 1.54) is 12.8 Å². The molecule has 2 nitrogen and oxygen atoms in total. The highest BCUT2D eigenvalue weighted by Crippen LogP contribution is 2.25. The summed E-state index contributed by atoms with van der Waals surface area (Å²) >= 11 is 4.39. The van der Waals surface area contributed by atoms with Gasteiger partial charge in [0, 0.05) is 11.7 Å². The summed E-state index contributed by atoms with van der Waals surface area (Å²) in [7, 11) is 0. The molecule has 70 valence electrons. The SMILES string of the molecule is CCC(=O)OC1CCCCC1S. The van der Waals surface area contributed by atoms with E-state index in [-0.39, 0.29) is 17.3 Å². The van der Waals surface area contributed by atoms with Gasteiger partial charge in [-0.3, -0.25) is 4.79 Å². The van der Waals surface area contributed by atoms with E-state index in [4.69, 9.17) is 4.74 Å². The van der Waals surface area contributed by atoms with Crippen LogP contribution in [0.25, 0.3) is 0 Å². The maximum Gasteiger partial charge on any atom is 0.305 e. The van der Waals surface area contributed by atoms with Crippen molar-refractivity contribution in [1.29, 1.82) is 0 Å². The van der Waals surface area contributed by atoms with Gasteiger partial charge in [0.05, 0.1) is 0 Å². The van der Waals surface area contributed by atoms with Crippen LogP contribution in [0.1, 0.15) is 39.0 Å². The topological polar surface area (TPSA) is 26.3 Å². The van der Waals surface area contributed by atoms with E-state index >= 15 is 0 Å². The largest absolute Gasteiger partial charge is 0.461 e. The van der Waals surface area contributed by atoms with Gasteiger partial charge in [-0.2, -0.15) is 12.6 Å². The highest BCUT2D eigenvalue weighted by molar-refractivity contribution is 7.81. The molecule has 0 spiro atoms. The molecule has 1 saturated carbocycles. The standard InChI is InChI=1S/C9H16O2S/c1-2-9(10)11-7-5-3-4-6-8(7)12/h7-8,12H,2-6H2,1H3. The molecule has 12 heavy (non-hydrogen) atoms. The van der Waals surface area contributed by atoms with Crippen LogP contribution < -0.4 is 0 Å². The van der Waals surface area contributed by atoms with E-state index in [1.807, 2.05) is 6.92 Å². The normalized spacial score (nSPS) is 29.8. The molecule has 0 amide bonds. The first-order valence-electron chi connectivity index (χ1n) is 4.61. The summed E-state index contributed by atoms with van der Waals surface area (Å²) < 4.78 is 5.24. The van der Waals surface area contributed by atoms with Crippen LogP contribution in [0.2, 0.25) is 0 Å². The Morgan fingerprint density at radius 3 is 2.75 bits per heavy atom. The molecule has 0 N–H and O–H groups in total. The zero-order chi connectivity index (χ0) is 8.97. The minimum atomic E-state index is -0.0963. The van der Waals surface area contributed by atoms with Crippen LogP contribution in [-0.2, 0) is 9.53 Å². The zero-order valence-electron chi connectivity index (χ0n) is 7.45. The first-order valence-corrected chi connectivity index (χ1v) is 5.13. The van der Waals surface area contributed by atoms with Gasteiger partial charge in [-0.1, -0.05) is 13.3 Å². The molecule has 0 heterocycles. The Hall–Kier alpha value is -0.180. The number of hydrogen-bond acceptors (Lipinski definition) is 3. The summed E-state index contributed by atoms with van der Waals surface area (Å²) in [5.74, 6) is -0.0963. The molecular formula is C9H16O2S. The van der Waals surface area contributed by atoms with Crippen LogP contribution >= 0.6 is 12.6 Å². The third-order valence-electron chi connectivity index (χ3n) is 2.24. The number of carbonyl (C=O) groups excluding carboxylic acids is 1. The van der Waals surface area contributed by atoms with E-state index in [0.29, 0.717) is 6.42 Å². The molecule has 0 aromatic rings. The summed E-state index contributed by atoms with van der Waals surface area (Å²) in [5.41, 5.74) is 0. The molecule has 1 rings (SSSR count). The van der Waals surface area contributed by atoms with Crippen LogP contribution in [0.4, 0.5) is 0 Å². The lowest BCUT2D eigenvalue weighted by Crippen LogP contribution is -2.30. The molecule has 0 radical (unpaired) electrons. The van der Waals surface area contributed by atoms with Crippen molar-refractivity contribution in [3.8, 4) is 0 Å². The van der Waals surface area contributed by atoms with E-state index in [0.717, 1.165) is 12.8 Å². The van der Waals surface area contributed by atoms with Crippen molar-refractivity contribution in [2.75, 3.05) is 0 Å². The second kappa shape index (κ2) is 4.75. The van der Waals surface area contributed by atoms with Gasteiger partial charge in [0.15, 0.2) is 0 Å². The lowest BCUT2D eigenvalue weighted by Gasteiger charge is -2.27. The molecule has 0 aromatic carbocycles. The van der Waals surface area contributed by atoms with Gasteiger partial charge in [0.2, 0.25) is 0 Å². The molecule has 0 aromatic heterocycles. The van der Waals surface area contributed by atoms with E-state index in [2.05, 4.69) is 12.6 Å². The third kappa shape index (κ3) is 2.70. The second-order valence-electron chi connectivity index (χ2n) is 3.23. The van der Waals surface area contributed by atoms with Crippen molar-refractivity contribution in [3.05, 3.63) is 0 Å². The van der Waals surface area contributed by atoms with Crippen molar-refractivity contribution >= 4 is 18.6 Å². The van der Waals surface area contributed by atoms with Gasteiger partial charge in [-0.05, 0) is 19.3 Å². The molecular weight excluding hydrogens is 172 g/mol. The molecule has 0 bridgehead atoms. The summed E-state index contributed by atoms with van der Waals surface area (Å²) in [6.45, 7) is 1.82. The van der Waals surface area contributed by atoms with Crippen molar-refractivity contribution in [1.82, 2.24) is 0 Å². The van der Waals surface area contributed by atoms with Crippen LogP contribution in [0.3, 0.4) is 0 Å². The quantitative estimate of drug-likeness (QED) is 0.531. The Kier molecular flexibility index (Phi) is 3.92. The smallest absolute Gasteiger partial charge is 0.305 e. The van der Waals surface area contributed by atoms with Crippen molar-refractivity contribution in [2.24, 2.45) is 0 Å². The highest BCUT2D eigenvalue weighted by atomic mass is 32.1. The molecule has 1 aliphatic rings. The maximum absolute atomic E-state index is 11.0. The van der Waals surface area contributed by atoms with Gasteiger partial charge in [-0.15, -0.1) is 0 Å². The second-order valence-corrected chi connectivity index (χ2v) is 3.90. The maximum atomic E-state index is 11.0. The van der Waals surface area contributed by atoms with Crippen LogP contribution in [0.5, 0.6) is 0 Å². The van der Waals surface area contributed by atoms with Crippen molar-refractivity contribution in [3.63, 3.8) is 0 Å². The number of thiol groups is 1. The highest BCUT2D eigenvalue weighted by Gasteiger charge is 2.24. The molecule has 0 saturated heterocycles. The summed E-state index contributed by atoms with van der Waals surface area (Å²) in [5, 5.41) is 0.259. The van der Waals surface area contributed by atoms with Gasteiger partial charge in [0.1, 0.15) is 6.10 Å². The molecule has 1 aliphatic carbocycles. The molecule has 2 unspecified atom stereocenters. The predicted molar refractivity (Wildman–Crippen MR) is 51.4 cm³/mol. The Balaban J connectivity index is 2.33. The summed E-state index contributed by atoms with van der Waals surface area (Å²) in [6.07, 6.45) is 4.98. The van der Waals surface area contributed by atoms with Crippen molar-refractivity contribution < 1.29 is 9.53 Å². The number of rotatable bonds is 2. The number of esters is 1. The monoisotopic (exact) mass is 188 g/mol. The Morgan fingerprint density at radius 1 is 1.50 bits per heavy atom. The van der Waals surface area contributed by atoms with Crippen LogP contribution in [-0.4, -0.2) is 17.3 Å². The zero-order valence-corrected chi connectivity index (χ0v) is 8.35. The fourth-order valence-electron chi connectivity index (χ4n) is 1.47. The Morgan fingerprint density at radius 2 is 2.17 bits per heavy atom. The fourth-order valence-corrected chi connectivity index (χ4v) is 1.86. The molecule has 1 fully saturated rings. The average Bonchev–Trinajstić information content (AvgIpc) is 2.09. The molecule has 0 aliphatic heterocycles. The molecule has 2 atom stereocenters. The summed E-state index contributed by atoms with van der Waals surface area (Å²) in [6, 6.07) is 0. The van der Waals surface area contributed by atoms with Gasteiger partial charge >= 0.3 is 5.97 Å². The van der Waals surface area contributed by atoms with E-state index < -0.39 is 0 Å². The van der Waals surface area contributed by atoms with Gasteiger partial charge in [-0.25, -0.2) is 0 Å². The van der Waals surface area contributed by atoms with Crippen molar-refractivity contribution in [2.45, 2.75) is 50.4 Å². The number of ether oxygens (including phenoxy) is 1. The Labute approximate surface area is 79.1 Å². The van der Waals surface area contributed by atoms with E-state index in [9.17, 15) is 4.79 Å². The minimum Gasteiger partial charge on any atom is -0.461 e. The van der Waals surface area contributed by atoms with E-state index in [1.54, 1.807) is 0 Å². The number of hydrogen-bond donors (Lipinski definition) is 1. The Bertz CT molecular complexity index is 159. The van der Waals surface area contributed by atoms with Crippen LogP contribution in [0.15, 0.2) is 0 Å². The lowest BCUT2D eigenvalue weighted by atomic mass is 9.97. The van der Waals surface area contributed by atoms with Gasteiger partial charge < -0.3 is 4.74 Å². The third-order valence-corrected chi connectivity index (χ3v) is 2.83. The lowest BCUT2D eigenvalue weighted by molar-refractivity contribution is -0.149.